The Morgan fingerprint density at radius 2 is 2.10 bits per heavy atom. The fourth-order valence-corrected chi connectivity index (χ4v) is 3.32. The van der Waals surface area contributed by atoms with E-state index in [-0.39, 0.29) is 17.5 Å². The van der Waals surface area contributed by atoms with Crippen LogP contribution in [0.2, 0.25) is 0 Å². The minimum absolute atomic E-state index is 0.173. The predicted octanol–water partition coefficient (Wildman–Crippen LogP) is 3.66. The van der Waals surface area contributed by atoms with E-state index in [9.17, 15) is 9.59 Å². The maximum Gasteiger partial charge on any atom is 0.356 e. The van der Waals surface area contributed by atoms with Gasteiger partial charge in [-0.15, -0.1) is 0 Å². The number of pyridine rings is 1. The molecule has 3 aromatic heterocycles. The van der Waals surface area contributed by atoms with Crippen molar-refractivity contribution < 1.29 is 23.5 Å². The standard InChI is InChI=1S/C22H28N4O5/c1-14(2)10-18(27)25-19-17-11-15(23-13-16-6-5-8-31-16)12-24-21(17)26(7-9-29-3)20(19)22(28)30-4/h5-6,8,11-12,14,23H,7,9-10,13H2,1-4H3,(H,25,27). The highest BCUT2D eigenvalue weighted by atomic mass is 16.5. The van der Waals surface area contributed by atoms with Crippen LogP contribution in [0.25, 0.3) is 11.0 Å². The smallest absolute Gasteiger partial charge is 0.356 e. The van der Waals surface area contributed by atoms with Crippen molar-refractivity contribution in [2.75, 3.05) is 31.5 Å². The lowest BCUT2D eigenvalue weighted by Gasteiger charge is -2.11. The summed E-state index contributed by atoms with van der Waals surface area (Å²) in [7, 11) is 2.89. The number of fused-ring (bicyclic) bond motifs is 1. The number of nitrogens with one attached hydrogen (secondary N) is 2. The van der Waals surface area contributed by atoms with Gasteiger partial charge in [0.25, 0.3) is 0 Å². The molecule has 0 bridgehead atoms. The van der Waals surface area contributed by atoms with Crippen LogP contribution in [-0.2, 0) is 27.4 Å². The molecule has 9 nitrogen and oxygen atoms in total. The number of hydrogen-bond donors (Lipinski definition) is 2. The summed E-state index contributed by atoms with van der Waals surface area (Å²) in [4.78, 5) is 29.8. The number of carbonyl (C=O) groups is 2. The van der Waals surface area contributed by atoms with E-state index in [2.05, 4.69) is 15.6 Å². The third-order valence-corrected chi connectivity index (χ3v) is 4.70. The maximum atomic E-state index is 12.7. The van der Waals surface area contributed by atoms with Gasteiger partial charge in [-0.25, -0.2) is 9.78 Å². The molecule has 31 heavy (non-hydrogen) atoms. The number of anilines is 2. The molecule has 0 fully saturated rings. The zero-order valence-corrected chi connectivity index (χ0v) is 18.2. The number of rotatable bonds is 10. The van der Waals surface area contributed by atoms with Gasteiger partial charge in [-0.3, -0.25) is 4.79 Å². The number of aromatic nitrogens is 2. The van der Waals surface area contributed by atoms with Crippen molar-refractivity contribution in [2.24, 2.45) is 5.92 Å². The summed E-state index contributed by atoms with van der Waals surface area (Å²) in [5.41, 5.74) is 1.91. The molecule has 0 saturated carbocycles. The van der Waals surface area contributed by atoms with Gasteiger partial charge in [0.2, 0.25) is 5.91 Å². The number of furan rings is 1. The summed E-state index contributed by atoms with van der Waals surface area (Å²) in [6.45, 7) is 5.14. The van der Waals surface area contributed by atoms with Crippen LogP contribution in [0.4, 0.5) is 11.4 Å². The molecule has 0 aliphatic carbocycles. The summed E-state index contributed by atoms with van der Waals surface area (Å²) >= 11 is 0. The van der Waals surface area contributed by atoms with Crippen LogP contribution in [0, 0.1) is 5.92 Å². The van der Waals surface area contributed by atoms with Crippen LogP contribution in [0.3, 0.4) is 0 Å². The molecule has 0 unspecified atom stereocenters. The van der Waals surface area contributed by atoms with Gasteiger partial charge in [-0.05, 0) is 24.1 Å². The van der Waals surface area contributed by atoms with Crippen LogP contribution in [-0.4, -0.2) is 42.3 Å². The Hall–Kier alpha value is -3.33. The number of hydrogen-bond acceptors (Lipinski definition) is 7. The van der Waals surface area contributed by atoms with E-state index in [1.54, 1.807) is 24.1 Å². The zero-order valence-electron chi connectivity index (χ0n) is 18.2. The summed E-state index contributed by atoms with van der Waals surface area (Å²) in [6.07, 6.45) is 3.62. The Balaban J connectivity index is 2.06. The number of carbonyl (C=O) groups excluding carboxylic acids is 2. The third-order valence-electron chi connectivity index (χ3n) is 4.70. The largest absolute Gasteiger partial charge is 0.467 e. The third kappa shape index (κ3) is 5.24. The molecule has 3 aromatic rings. The molecule has 0 spiro atoms. The summed E-state index contributed by atoms with van der Waals surface area (Å²) in [6, 6.07) is 5.54. The van der Waals surface area contributed by atoms with Crippen LogP contribution in [0.15, 0.2) is 35.1 Å². The highest BCUT2D eigenvalue weighted by molar-refractivity contribution is 6.11. The van der Waals surface area contributed by atoms with Crippen molar-refractivity contribution in [3.63, 3.8) is 0 Å². The Kier molecular flexibility index (Phi) is 7.30. The number of esters is 1. The first-order valence-corrected chi connectivity index (χ1v) is 10.1. The van der Waals surface area contributed by atoms with Crippen molar-refractivity contribution in [1.29, 1.82) is 0 Å². The van der Waals surface area contributed by atoms with Gasteiger partial charge >= 0.3 is 5.97 Å². The molecule has 0 radical (unpaired) electrons. The van der Waals surface area contributed by atoms with E-state index >= 15 is 0 Å². The molecule has 166 valence electrons. The fraction of sp³-hybridized carbons (Fsp3) is 0.409. The Morgan fingerprint density at radius 1 is 1.29 bits per heavy atom. The molecule has 3 rings (SSSR count). The number of nitrogens with zero attached hydrogens (tertiary/aromatic N) is 2. The van der Waals surface area contributed by atoms with Gasteiger partial charge < -0.3 is 29.1 Å². The minimum Gasteiger partial charge on any atom is -0.467 e. The number of methoxy groups -OCH3 is 2. The highest BCUT2D eigenvalue weighted by Crippen LogP contribution is 2.33. The summed E-state index contributed by atoms with van der Waals surface area (Å²) < 4.78 is 17.3. The molecule has 0 atom stereocenters. The van der Waals surface area contributed by atoms with Gasteiger partial charge in [0.05, 0.1) is 44.1 Å². The van der Waals surface area contributed by atoms with Gasteiger partial charge in [-0.1, -0.05) is 13.8 Å². The second-order valence-corrected chi connectivity index (χ2v) is 7.53. The maximum absolute atomic E-state index is 12.7. The lowest BCUT2D eigenvalue weighted by Crippen LogP contribution is -2.19. The van der Waals surface area contributed by atoms with Crippen LogP contribution < -0.4 is 10.6 Å². The van der Waals surface area contributed by atoms with Crippen LogP contribution >= 0.6 is 0 Å². The second-order valence-electron chi connectivity index (χ2n) is 7.53. The molecule has 2 N–H and O–H groups in total. The van der Waals surface area contributed by atoms with Gasteiger partial charge in [0.1, 0.15) is 11.4 Å². The van der Waals surface area contributed by atoms with Crippen molar-refractivity contribution in [3.8, 4) is 0 Å². The van der Waals surface area contributed by atoms with Crippen molar-refractivity contribution in [1.82, 2.24) is 9.55 Å². The predicted molar refractivity (Wildman–Crippen MR) is 117 cm³/mol. The van der Waals surface area contributed by atoms with E-state index in [0.29, 0.717) is 42.8 Å². The Labute approximate surface area is 180 Å². The molecule has 0 aliphatic heterocycles. The van der Waals surface area contributed by atoms with Crippen LogP contribution in [0.1, 0.15) is 36.5 Å². The first kappa shape index (κ1) is 22.4. The Morgan fingerprint density at radius 3 is 2.74 bits per heavy atom. The normalized spacial score (nSPS) is 11.1. The number of amides is 1. The van der Waals surface area contributed by atoms with Gasteiger partial charge in [0, 0.05) is 25.5 Å². The average molecular weight is 428 g/mol. The molecular weight excluding hydrogens is 400 g/mol. The highest BCUT2D eigenvalue weighted by Gasteiger charge is 2.26. The van der Waals surface area contributed by atoms with Crippen molar-refractivity contribution in [2.45, 2.75) is 33.4 Å². The van der Waals surface area contributed by atoms with E-state index in [1.807, 2.05) is 32.0 Å². The first-order chi connectivity index (χ1) is 14.9. The van der Waals surface area contributed by atoms with Crippen LogP contribution in [0.5, 0.6) is 0 Å². The topological polar surface area (TPSA) is 108 Å². The first-order valence-electron chi connectivity index (χ1n) is 10.1. The lowest BCUT2D eigenvalue weighted by molar-refractivity contribution is -0.116. The Bertz CT molecular complexity index is 1040. The number of ether oxygens (including phenoxy) is 2. The molecular formula is C22H28N4O5. The van der Waals surface area contributed by atoms with E-state index in [4.69, 9.17) is 13.9 Å². The quantitative estimate of drug-likeness (QED) is 0.475. The lowest BCUT2D eigenvalue weighted by atomic mass is 10.1. The zero-order chi connectivity index (χ0) is 22.4. The van der Waals surface area contributed by atoms with E-state index in [1.165, 1.54) is 7.11 Å². The summed E-state index contributed by atoms with van der Waals surface area (Å²) in [5.74, 6) is 0.212. The molecule has 9 heteroatoms. The molecule has 1 amide bonds. The van der Waals surface area contributed by atoms with Crippen molar-refractivity contribution >= 4 is 34.3 Å². The molecule has 0 saturated heterocycles. The fourth-order valence-electron chi connectivity index (χ4n) is 3.32. The molecule has 3 heterocycles. The van der Waals surface area contributed by atoms with E-state index < -0.39 is 5.97 Å². The average Bonchev–Trinajstić information content (AvgIpc) is 3.36. The SMILES string of the molecule is COCCn1c(C(=O)OC)c(NC(=O)CC(C)C)c2cc(NCc3ccco3)cnc21. The van der Waals surface area contributed by atoms with E-state index in [0.717, 1.165) is 11.4 Å². The van der Waals surface area contributed by atoms with Gasteiger partial charge in [0.15, 0.2) is 5.69 Å². The summed E-state index contributed by atoms with van der Waals surface area (Å²) in [5, 5.41) is 6.79. The monoisotopic (exact) mass is 428 g/mol. The second kappa shape index (κ2) is 10.1. The molecule has 0 aliphatic rings. The minimum atomic E-state index is -0.556. The van der Waals surface area contributed by atoms with Crippen molar-refractivity contribution in [3.05, 3.63) is 42.1 Å². The van der Waals surface area contributed by atoms with Gasteiger partial charge in [-0.2, -0.15) is 0 Å². The molecule has 0 aromatic carbocycles.